The number of ether oxygens (including phenoxy) is 1. The zero-order valence-corrected chi connectivity index (χ0v) is 14.8. The van der Waals surface area contributed by atoms with E-state index in [-0.39, 0.29) is 30.4 Å². The third-order valence-electron chi connectivity index (χ3n) is 5.52. The molecule has 2 aliphatic rings. The number of esters is 1. The predicted octanol–water partition coefficient (Wildman–Crippen LogP) is 2.68. The van der Waals surface area contributed by atoms with Crippen LogP contribution in [-0.2, 0) is 16.0 Å². The maximum absolute atomic E-state index is 13.9. The second-order valence-electron chi connectivity index (χ2n) is 7.11. The van der Waals surface area contributed by atoms with Crippen molar-refractivity contribution < 1.29 is 13.9 Å². The summed E-state index contributed by atoms with van der Waals surface area (Å²) in [6.45, 7) is 0.876. The molecular formula is C21H23FN2O2. The number of hydrogen-bond donors (Lipinski definition) is 2. The van der Waals surface area contributed by atoms with Crippen LogP contribution in [0.1, 0.15) is 40.6 Å². The summed E-state index contributed by atoms with van der Waals surface area (Å²) in [6, 6.07) is 14.0. The van der Waals surface area contributed by atoms with Crippen molar-refractivity contribution in [3.63, 3.8) is 0 Å². The number of methoxy groups -OCH3 is 1. The van der Waals surface area contributed by atoms with Gasteiger partial charge in [-0.05, 0) is 47.2 Å². The second kappa shape index (κ2) is 7.17. The predicted molar refractivity (Wildman–Crippen MR) is 97.6 cm³/mol. The monoisotopic (exact) mass is 354 g/mol. The normalized spacial score (nSPS) is 23.5. The maximum atomic E-state index is 13.9. The van der Waals surface area contributed by atoms with E-state index in [1.165, 1.54) is 23.8 Å². The van der Waals surface area contributed by atoms with Crippen LogP contribution in [0.5, 0.6) is 0 Å². The molecule has 0 bridgehead atoms. The van der Waals surface area contributed by atoms with Crippen molar-refractivity contribution in [1.29, 1.82) is 0 Å². The van der Waals surface area contributed by atoms with Crippen molar-refractivity contribution in [2.75, 3.05) is 20.2 Å². The Hall–Kier alpha value is -2.24. The molecule has 0 aromatic heterocycles. The highest BCUT2D eigenvalue weighted by molar-refractivity contribution is 5.71. The van der Waals surface area contributed by atoms with Gasteiger partial charge in [-0.25, -0.2) is 4.39 Å². The molecule has 0 amide bonds. The molecule has 1 fully saturated rings. The molecule has 2 N–H and O–H groups in total. The van der Waals surface area contributed by atoms with Crippen LogP contribution >= 0.6 is 0 Å². The highest BCUT2D eigenvalue weighted by atomic mass is 19.1. The Kier molecular flexibility index (Phi) is 4.74. The summed E-state index contributed by atoms with van der Waals surface area (Å²) < 4.78 is 18.6. The minimum absolute atomic E-state index is 0.0919. The van der Waals surface area contributed by atoms with Crippen molar-refractivity contribution in [1.82, 2.24) is 10.6 Å². The number of halogens is 1. The van der Waals surface area contributed by atoms with E-state index in [0.29, 0.717) is 12.5 Å². The Morgan fingerprint density at radius 2 is 2.04 bits per heavy atom. The molecule has 1 aliphatic heterocycles. The van der Waals surface area contributed by atoms with Gasteiger partial charge in [0.25, 0.3) is 0 Å². The van der Waals surface area contributed by atoms with Gasteiger partial charge in [0.05, 0.1) is 13.7 Å². The summed E-state index contributed by atoms with van der Waals surface area (Å²) >= 11 is 0. The Morgan fingerprint density at radius 1 is 1.23 bits per heavy atom. The summed E-state index contributed by atoms with van der Waals surface area (Å²) in [6.07, 6.45) is 1.79. The largest absolute Gasteiger partial charge is 0.468 e. The summed E-state index contributed by atoms with van der Waals surface area (Å²) in [5, 5.41) is 6.82. The first kappa shape index (κ1) is 17.2. The van der Waals surface area contributed by atoms with Crippen LogP contribution in [0, 0.1) is 5.82 Å². The van der Waals surface area contributed by atoms with E-state index in [9.17, 15) is 9.18 Å². The van der Waals surface area contributed by atoms with Gasteiger partial charge in [-0.2, -0.15) is 0 Å². The Balaban J connectivity index is 1.61. The number of benzene rings is 2. The van der Waals surface area contributed by atoms with E-state index < -0.39 is 0 Å². The summed E-state index contributed by atoms with van der Waals surface area (Å²) in [5.74, 6) is -0.156. The van der Waals surface area contributed by atoms with Gasteiger partial charge in [0.2, 0.25) is 0 Å². The van der Waals surface area contributed by atoms with Gasteiger partial charge < -0.3 is 15.4 Å². The van der Waals surface area contributed by atoms with Crippen molar-refractivity contribution in [2.45, 2.75) is 30.8 Å². The Labute approximate surface area is 152 Å². The lowest BCUT2D eigenvalue weighted by atomic mass is 9.87. The lowest BCUT2D eigenvalue weighted by Gasteiger charge is -2.20. The van der Waals surface area contributed by atoms with E-state index in [4.69, 9.17) is 0 Å². The molecule has 2 aromatic carbocycles. The number of carbonyl (C=O) groups excluding carboxylic acids is 1. The van der Waals surface area contributed by atoms with Crippen molar-refractivity contribution in [3.05, 3.63) is 70.5 Å². The molecule has 136 valence electrons. The lowest BCUT2D eigenvalue weighted by molar-refractivity contribution is -0.139. The van der Waals surface area contributed by atoms with Gasteiger partial charge in [0.1, 0.15) is 5.82 Å². The zero-order chi connectivity index (χ0) is 18.1. The summed E-state index contributed by atoms with van der Waals surface area (Å²) in [7, 11) is 1.39. The summed E-state index contributed by atoms with van der Waals surface area (Å²) in [4.78, 5) is 11.3. The van der Waals surface area contributed by atoms with Crippen LogP contribution < -0.4 is 10.6 Å². The molecule has 1 aliphatic carbocycles. The molecule has 0 spiro atoms. The number of nitrogens with one attached hydrogen (secondary N) is 2. The molecule has 26 heavy (non-hydrogen) atoms. The molecule has 5 heteroatoms. The third kappa shape index (κ3) is 3.24. The molecule has 3 atom stereocenters. The first-order valence-corrected chi connectivity index (χ1v) is 9.05. The zero-order valence-electron chi connectivity index (χ0n) is 14.8. The fourth-order valence-corrected chi connectivity index (χ4v) is 4.34. The topological polar surface area (TPSA) is 50.4 Å². The highest BCUT2D eigenvalue weighted by Crippen LogP contribution is 2.45. The molecule has 1 heterocycles. The number of fused-ring (bicyclic) bond motifs is 5. The highest BCUT2D eigenvalue weighted by Gasteiger charge is 2.39. The minimum atomic E-state index is -0.269. The summed E-state index contributed by atoms with van der Waals surface area (Å²) in [5.41, 5.74) is 4.90. The SMILES string of the molecule is COC(=O)CNC[C@H]1C[C@@H]2c3ccccc3Cc3ccc(F)cc3[C@H]2N1. The maximum Gasteiger partial charge on any atom is 0.319 e. The van der Waals surface area contributed by atoms with Crippen LogP contribution in [0.15, 0.2) is 42.5 Å². The van der Waals surface area contributed by atoms with Gasteiger partial charge in [0.15, 0.2) is 0 Å². The van der Waals surface area contributed by atoms with E-state index in [1.54, 1.807) is 12.1 Å². The van der Waals surface area contributed by atoms with Gasteiger partial charge in [-0.1, -0.05) is 30.3 Å². The molecule has 1 saturated heterocycles. The molecule has 0 radical (unpaired) electrons. The molecule has 0 saturated carbocycles. The van der Waals surface area contributed by atoms with Gasteiger partial charge in [-0.3, -0.25) is 4.79 Å². The average molecular weight is 354 g/mol. The van der Waals surface area contributed by atoms with Gasteiger partial charge >= 0.3 is 5.97 Å². The smallest absolute Gasteiger partial charge is 0.319 e. The quantitative estimate of drug-likeness (QED) is 0.829. The fourth-order valence-electron chi connectivity index (χ4n) is 4.34. The van der Waals surface area contributed by atoms with E-state index in [2.05, 4.69) is 39.6 Å². The van der Waals surface area contributed by atoms with E-state index in [1.807, 2.05) is 6.07 Å². The van der Waals surface area contributed by atoms with E-state index in [0.717, 1.165) is 18.4 Å². The molecule has 2 aromatic rings. The third-order valence-corrected chi connectivity index (χ3v) is 5.52. The van der Waals surface area contributed by atoms with Crippen LogP contribution in [-0.4, -0.2) is 32.2 Å². The van der Waals surface area contributed by atoms with Gasteiger partial charge in [-0.15, -0.1) is 0 Å². The van der Waals surface area contributed by atoms with Gasteiger partial charge in [0, 0.05) is 24.5 Å². The molecule has 4 rings (SSSR count). The van der Waals surface area contributed by atoms with Crippen LogP contribution in [0.4, 0.5) is 4.39 Å². The van der Waals surface area contributed by atoms with Crippen LogP contribution in [0.2, 0.25) is 0 Å². The second-order valence-corrected chi connectivity index (χ2v) is 7.11. The van der Waals surface area contributed by atoms with Crippen molar-refractivity contribution >= 4 is 5.97 Å². The van der Waals surface area contributed by atoms with Crippen molar-refractivity contribution in [2.24, 2.45) is 0 Å². The van der Waals surface area contributed by atoms with Crippen molar-refractivity contribution in [3.8, 4) is 0 Å². The molecule has 0 unspecified atom stereocenters. The first-order valence-electron chi connectivity index (χ1n) is 9.05. The Bertz CT molecular complexity index is 823. The molecule has 4 nitrogen and oxygen atoms in total. The number of rotatable bonds is 4. The van der Waals surface area contributed by atoms with Crippen LogP contribution in [0.3, 0.4) is 0 Å². The average Bonchev–Trinajstić information content (AvgIpc) is 3.02. The lowest BCUT2D eigenvalue weighted by Crippen LogP contribution is -2.37. The number of carbonyl (C=O) groups is 1. The fraction of sp³-hybridized carbons (Fsp3) is 0.381. The first-order chi connectivity index (χ1) is 12.7. The minimum Gasteiger partial charge on any atom is -0.468 e. The Morgan fingerprint density at radius 3 is 2.88 bits per heavy atom. The van der Waals surface area contributed by atoms with E-state index >= 15 is 0 Å². The molecular weight excluding hydrogens is 331 g/mol. The number of hydrogen-bond acceptors (Lipinski definition) is 4. The van der Waals surface area contributed by atoms with Crippen LogP contribution in [0.25, 0.3) is 0 Å². The standard InChI is InChI=1S/C21H23FN2O2/c1-26-20(25)12-23-11-16-10-19-17-5-3-2-4-13(17)8-14-6-7-15(22)9-18(14)21(19)24-16/h2-7,9,16,19,21,23-24H,8,10-12H2,1H3/t16-,19-,21-/m1/s1.